The highest BCUT2D eigenvalue weighted by atomic mass is 16.6. The zero-order valence-corrected chi connectivity index (χ0v) is 37.4. The smallest absolute Gasteiger partial charge is 0.306 e. The van der Waals surface area contributed by atoms with Gasteiger partial charge in [-0.2, -0.15) is 0 Å². The van der Waals surface area contributed by atoms with Crippen molar-refractivity contribution in [3.8, 4) is 0 Å². The van der Waals surface area contributed by atoms with Crippen molar-refractivity contribution in [1.29, 1.82) is 0 Å². The fraction of sp³-hybridized carbons (Fsp3) is 0.939. The zero-order chi connectivity index (χ0) is 40.3. The Morgan fingerprint density at radius 3 is 0.891 bits per heavy atom. The van der Waals surface area contributed by atoms with E-state index in [-0.39, 0.29) is 31.1 Å². The number of carbonyl (C=O) groups excluding carboxylic acids is 3. The van der Waals surface area contributed by atoms with Gasteiger partial charge < -0.3 is 14.2 Å². The highest BCUT2D eigenvalue weighted by Crippen LogP contribution is 2.16. The van der Waals surface area contributed by atoms with Gasteiger partial charge in [-0.05, 0) is 25.2 Å². The van der Waals surface area contributed by atoms with Crippen LogP contribution in [-0.4, -0.2) is 37.2 Å². The first kappa shape index (κ1) is 53.4. The molecule has 0 aromatic carbocycles. The molecule has 0 fully saturated rings. The summed E-state index contributed by atoms with van der Waals surface area (Å²) in [6.45, 7) is 8.96. The van der Waals surface area contributed by atoms with Crippen molar-refractivity contribution in [2.75, 3.05) is 13.2 Å². The van der Waals surface area contributed by atoms with Gasteiger partial charge in [-0.25, -0.2) is 0 Å². The van der Waals surface area contributed by atoms with Crippen LogP contribution in [0, 0.1) is 5.92 Å². The lowest BCUT2D eigenvalue weighted by Crippen LogP contribution is -2.30. The van der Waals surface area contributed by atoms with E-state index in [1.54, 1.807) is 0 Å². The molecule has 0 rings (SSSR count). The Morgan fingerprint density at radius 2 is 0.600 bits per heavy atom. The lowest BCUT2D eigenvalue weighted by molar-refractivity contribution is -0.167. The van der Waals surface area contributed by atoms with Crippen LogP contribution < -0.4 is 0 Å². The topological polar surface area (TPSA) is 78.9 Å². The quantitative estimate of drug-likeness (QED) is 0.0348. The van der Waals surface area contributed by atoms with Gasteiger partial charge in [0, 0.05) is 19.3 Å². The molecule has 0 amide bonds. The second kappa shape index (κ2) is 43.5. The van der Waals surface area contributed by atoms with Crippen LogP contribution in [0.5, 0.6) is 0 Å². The maximum absolute atomic E-state index is 12.7. The van der Waals surface area contributed by atoms with Crippen LogP contribution in [0.25, 0.3) is 0 Å². The minimum absolute atomic E-state index is 0.0639. The summed E-state index contributed by atoms with van der Waals surface area (Å²) in [5.74, 6) is -0.0742. The van der Waals surface area contributed by atoms with Crippen molar-refractivity contribution in [1.82, 2.24) is 0 Å². The van der Waals surface area contributed by atoms with E-state index in [9.17, 15) is 14.4 Å². The maximum Gasteiger partial charge on any atom is 0.306 e. The average Bonchev–Trinajstić information content (AvgIpc) is 3.17. The Bertz CT molecular complexity index is 826. The Balaban J connectivity index is 4.28. The van der Waals surface area contributed by atoms with Crippen LogP contribution in [0.3, 0.4) is 0 Å². The van der Waals surface area contributed by atoms with E-state index >= 15 is 0 Å². The minimum atomic E-state index is -0.760. The molecule has 0 N–H and O–H groups in total. The van der Waals surface area contributed by atoms with Gasteiger partial charge in [0.25, 0.3) is 0 Å². The van der Waals surface area contributed by atoms with Gasteiger partial charge >= 0.3 is 17.9 Å². The minimum Gasteiger partial charge on any atom is -0.462 e. The van der Waals surface area contributed by atoms with Gasteiger partial charge in [0.05, 0.1) is 0 Å². The average molecular weight is 779 g/mol. The van der Waals surface area contributed by atoms with Gasteiger partial charge in [0.1, 0.15) is 13.2 Å². The van der Waals surface area contributed by atoms with Crippen LogP contribution >= 0.6 is 0 Å². The molecule has 326 valence electrons. The predicted molar refractivity (Wildman–Crippen MR) is 233 cm³/mol. The number of ether oxygens (including phenoxy) is 3. The standard InChI is InChI=1S/C49H94O6/c1-5-7-9-11-13-15-17-19-20-21-23-25-29-33-37-41-48(51)54-44-46(55-49(52)42-38-34-30-26-27-31-35-39-45(3)4)43-53-47(50)40-36-32-28-24-22-18-16-14-12-10-8-6-2/h45-46H,5-44H2,1-4H3/t46-/m1/s1. The summed E-state index contributed by atoms with van der Waals surface area (Å²) in [5, 5.41) is 0. The van der Waals surface area contributed by atoms with E-state index < -0.39 is 6.10 Å². The predicted octanol–water partition coefficient (Wildman–Crippen LogP) is 15.5. The van der Waals surface area contributed by atoms with Crippen LogP contribution in [0.1, 0.15) is 272 Å². The first-order chi connectivity index (χ1) is 26.9. The summed E-state index contributed by atoms with van der Waals surface area (Å²) in [6.07, 6.45) is 43.8. The molecular weight excluding hydrogens is 685 g/mol. The molecule has 0 heterocycles. The Morgan fingerprint density at radius 1 is 0.345 bits per heavy atom. The molecule has 0 aliphatic rings. The third-order valence-electron chi connectivity index (χ3n) is 11.0. The summed E-state index contributed by atoms with van der Waals surface area (Å²) in [4.78, 5) is 37.8. The molecule has 55 heavy (non-hydrogen) atoms. The molecule has 0 aliphatic carbocycles. The lowest BCUT2D eigenvalue weighted by atomic mass is 10.0. The number of carbonyl (C=O) groups is 3. The molecule has 0 unspecified atom stereocenters. The first-order valence-corrected chi connectivity index (χ1v) is 24.4. The highest BCUT2D eigenvalue weighted by molar-refractivity contribution is 5.71. The van der Waals surface area contributed by atoms with E-state index in [4.69, 9.17) is 14.2 Å². The number of unbranched alkanes of at least 4 members (excludes halogenated alkanes) is 31. The third kappa shape index (κ3) is 43.4. The van der Waals surface area contributed by atoms with Crippen LogP contribution in [0.4, 0.5) is 0 Å². The fourth-order valence-corrected chi connectivity index (χ4v) is 7.33. The van der Waals surface area contributed by atoms with Gasteiger partial charge in [-0.1, -0.05) is 233 Å². The normalized spacial score (nSPS) is 11.9. The van der Waals surface area contributed by atoms with E-state index in [2.05, 4.69) is 27.7 Å². The molecule has 0 aromatic heterocycles. The Hall–Kier alpha value is -1.59. The molecule has 0 aliphatic heterocycles. The lowest BCUT2D eigenvalue weighted by Gasteiger charge is -2.18. The van der Waals surface area contributed by atoms with E-state index in [1.165, 1.54) is 167 Å². The SMILES string of the molecule is CCCCCCCCCCCCCCCCCC(=O)OC[C@@H](COC(=O)CCCCCCCCCCCCCC)OC(=O)CCCCCCCCCC(C)C. The summed E-state index contributed by atoms with van der Waals surface area (Å²) in [6, 6.07) is 0. The molecule has 0 spiro atoms. The van der Waals surface area contributed by atoms with Crippen molar-refractivity contribution in [2.45, 2.75) is 278 Å². The number of rotatable bonds is 44. The summed E-state index contributed by atoms with van der Waals surface area (Å²) in [7, 11) is 0. The van der Waals surface area contributed by atoms with Crippen LogP contribution in [0.15, 0.2) is 0 Å². The largest absolute Gasteiger partial charge is 0.462 e. The first-order valence-electron chi connectivity index (χ1n) is 24.4. The van der Waals surface area contributed by atoms with Gasteiger partial charge in [-0.15, -0.1) is 0 Å². The van der Waals surface area contributed by atoms with Crippen molar-refractivity contribution >= 4 is 17.9 Å². The zero-order valence-electron chi connectivity index (χ0n) is 37.4. The van der Waals surface area contributed by atoms with Crippen molar-refractivity contribution in [2.24, 2.45) is 5.92 Å². The molecular formula is C49H94O6. The molecule has 0 bridgehead atoms. The summed E-state index contributed by atoms with van der Waals surface area (Å²) in [5.41, 5.74) is 0. The molecule has 1 atom stereocenters. The number of hydrogen-bond acceptors (Lipinski definition) is 6. The maximum atomic E-state index is 12.7. The monoisotopic (exact) mass is 779 g/mol. The van der Waals surface area contributed by atoms with Crippen molar-refractivity contribution < 1.29 is 28.6 Å². The van der Waals surface area contributed by atoms with E-state index in [0.717, 1.165) is 63.7 Å². The summed E-state index contributed by atoms with van der Waals surface area (Å²) < 4.78 is 16.7. The number of hydrogen-bond donors (Lipinski definition) is 0. The highest BCUT2D eigenvalue weighted by Gasteiger charge is 2.19. The van der Waals surface area contributed by atoms with Gasteiger partial charge in [0.2, 0.25) is 0 Å². The van der Waals surface area contributed by atoms with Gasteiger partial charge in [0.15, 0.2) is 6.10 Å². The molecule has 6 heteroatoms. The van der Waals surface area contributed by atoms with Crippen LogP contribution in [0.2, 0.25) is 0 Å². The van der Waals surface area contributed by atoms with E-state index in [0.29, 0.717) is 19.3 Å². The molecule has 0 saturated heterocycles. The molecule has 0 radical (unpaired) electrons. The van der Waals surface area contributed by atoms with Crippen molar-refractivity contribution in [3.05, 3.63) is 0 Å². The molecule has 0 saturated carbocycles. The molecule has 6 nitrogen and oxygen atoms in total. The second-order valence-electron chi connectivity index (χ2n) is 17.2. The van der Waals surface area contributed by atoms with Gasteiger partial charge in [-0.3, -0.25) is 14.4 Å². The van der Waals surface area contributed by atoms with Crippen LogP contribution in [-0.2, 0) is 28.6 Å². The Labute approximate surface area is 342 Å². The molecule has 0 aromatic rings. The Kier molecular flexibility index (Phi) is 42.3. The van der Waals surface area contributed by atoms with E-state index in [1.807, 2.05) is 0 Å². The van der Waals surface area contributed by atoms with Crippen molar-refractivity contribution in [3.63, 3.8) is 0 Å². The fourth-order valence-electron chi connectivity index (χ4n) is 7.33. The number of esters is 3. The second-order valence-corrected chi connectivity index (χ2v) is 17.2. The summed E-state index contributed by atoms with van der Waals surface area (Å²) >= 11 is 0. The third-order valence-corrected chi connectivity index (χ3v) is 11.0.